The second-order valence-corrected chi connectivity index (χ2v) is 2.54. The van der Waals surface area contributed by atoms with Gasteiger partial charge in [-0.1, -0.05) is 18.2 Å². The molecule has 0 amide bonds. The van der Waals surface area contributed by atoms with E-state index in [1.165, 1.54) is 5.56 Å². The van der Waals surface area contributed by atoms with Crippen LogP contribution in [0.1, 0.15) is 5.56 Å². The predicted molar refractivity (Wildman–Crippen MR) is 48.7 cm³/mol. The number of benzene rings is 1. The third-order valence-electron chi connectivity index (χ3n) is 1.60. The molecule has 74 valence electrons. The van der Waals surface area contributed by atoms with Crippen molar-refractivity contribution in [3.8, 4) is 5.75 Å². The van der Waals surface area contributed by atoms with Crippen LogP contribution >= 0.6 is 0 Å². The van der Waals surface area contributed by atoms with Crippen molar-refractivity contribution in [2.45, 2.75) is 6.42 Å². The van der Waals surface area contributed by atoms with E-state index in [0.29, 0.717) is 0 Å². The molecule has 14 heavy (non-hydrogen) atoms. The van der Waals surface area contributed by atoms with Gasteiger partial charge >= 0.3 is 0 Å². The average Bonchev–Trinajstić information content (AvgIpc) is 2.17. The van der Waals surface area contributed by atoms with E-state index in [0.717, 1.165) is 12.2 Å². The first kappa shape index (κ1) is 10.0. The summed E-state index contributed by atoms with van der Waals surface area (Å²) in [6, 6.07) is 8.08. The maximum atomic E-state index is 8.36. The Morgan fingerprint density at radius 1 is 1.43 bits per heavy atom. The van der Waals surface area contributed by atoms with E-state index in [9.17, 15) is 0 Å². The van der Waals surface area contributed by atoms with Crippen molar-refractivity contribution in [3.63, 3.8) is 0 Å². The smallest absolute Gasteiger partial charge is 0.291 e. The lowest BCUT2D eigenvalue weighted by Crippen LogP contribution is -1.94. The molecule has 0 spiro atoms. The van der Waals surface area contributed by atoms with Crippen molar-refractivity contribution >= 4 is 0 Å². The van der Waals surface area contributed by atoms with Gasteiger partial charge in [-0.05, 0) is 24.1 Å². The highest BCUT2D eigenvalue weighted by Gasteiger charge is 2.02. The summed E-state index contributed by atoms with van der Waals surface area (Å²) in [7, 11) is 0. The molecule has 0 saturated carbocycles. The lowest BCUT2D eigenvalue weighted by Gasteiger charge is -2.09. The van der Waals surface area contributed by atoms with Crippen LogP contribution in [-0.4, -0.2) is 10.3 Å². The fourth-order valence-corrected chi connectivity index (χ4v) is 1.08. The van der Waals surface area contributed by atoms with Crippen LogP contribution in [-0.2, 0) is 6.42 Å². The van der Waals surface area contributed by atoms with Gasteiger partial charge in [-0.2, -0.15) is 0 Å². The van der Waals surface area contributed by atoms with Gasteiger partial charge in [-0.3, -0.25) is 0 Å². The minimum atomic E-state index is -1.50. The lowest BCUT2D eigenvalue weighted by atomic mass is 10.1. The normalized spacial score (nSPS) is 11.7. The van der Waals surface area contributed by atoms with Gasteiger partial charge in [0.05, 0.1) is 6.26 Å². The number of allylic oxidation sites excluding steroid dienone is 1. The molecule has 1 aromatic carbocycles. The summed E-state index contributed by atoms with van der Waals surface area (Å²) in [6.07, 6.45) is 4.75. The van der Waals surface area contributed by atoms with Crippen LogP contribution in [0.25, 0.3) is 0 Å². The van der Waals surface area contributed by atoms with Gasteiger partial charge in [-0.25, -0.2) is 0 Å². The summed E-state index contributed by atoms with van der Waals surface area (Å²) in [6.45, 7) is 0. The molecule has 1 N–H and O–H groups in total. The topological polar surface area (TPSA) is 72.6 Å². The summed E-state index contributed by atoms with van der Waals surface area (Å²) in [5, 5.41) is 13.6. The Labute approximate surface area is 80.4 Å². The highest BCUT2D eigenvalue weighted by atomic mass is 16.9. The molecule has 0 aromatic heterocycles. The highest BCUT2D eigenvalue weighted by molar-refractivity contribution is 5.36. The maximum Gasteiger partial charge on any atom is 0.291 e. The Morgan fingerprint density at radius 3 is 2.71 bits per heavy atom. The van der Waals surface area contributed by atoms with Gasteiger partial charge in [0.1, 0.15) is 5.75 Å². The standard InChI is InChI=1S/C9H8O.HNO3/c1-2-6-9-8(4-1)5-3-7-10-9;2-1(3)4/h1-4,6-7H,5H2;(H,2,3,4). The third-order valence-corrected chi connectivity index (χ3v) is 1.60. The van der Waals surface area contributed by atoms with Crippen LogP contribution in [0, 0.1) is 10.1 Å². The number of nitrogens with zero attached hydrogens (tertiary/aromatic N) is 1. The Balaban J connectivity index is 0.000000213. The highest BCUT2D eigenvalue weighted by Crippen LogP contribution is 2.21. The van der Waals surface area contributed by atoms with Crippen LogP contribution in [0.2, 0.25) is 0 Å². The Morgan fingerprint density at radius 2 is 2.07 bits per heavy atom. The van der Waals surface area contributed by atoms with Gasteiger partial charge < -0.3 is 9.94 Å². The molecule has 0 fully saturated rings. The van der Waals surface area contributed by atoms with Gasteiger partial charge in [0.25, 0.3) is 5.09 Å². The minimum absolute atomic E-state index is 0.991. The van der Waals surface area contributed by atoms with Gasteiger partial charge in [0.15, 0.2) is 0 Å². The summed E-state index contributed by atoms with van der Waals surface area (Å²) >= 11 is 0. The molecule has 5 heteroatoms. The average molecular weight is 195 g/mol. The molecule has 0 bridgehead atoms. The van der Waals surface area contributed by atoms with Gasteiger partial charge in [0.2, 0.25) is 0 Å². The van der Waals surface area contributed by atoms with E-state index < -0.39 is 5.09 Å². The molecule has 0 saturated heterocycles. The van der Waals surface area contributed by atoms with Crippen molar-refractivity contribution in [1.82, 2.24) is 0 Å². The number of hydrogen-bond donors (Lipinski definition) is 1. The maximum absolute atomic E-state index is 8.36. The zero-order valence-corrected chi connectivity index (χ0v) is 7.29. The third kappa shape index (κ3) is 3.14. The van der Waals surface area contributed by atoms with E-state index in [1.807, 2.05) is 24.3 Å². The first-order valence-corrected chi connectivity index (χ1v) is 3.93. The Hall–Kier alpha value is -2.04. The zero-order chi connectivity index (χ0) is 10.4. The summed E-state index contributed by atoms with van der Waals surface area (Å²) in [5.74, 6) is 0.991. The van der Waals surface area contributed by atoms with Crippen molar-refractivity contribution in [1.29, 1.82) is 0 Å². The van der Waals surface area contributed by atoms with Crippen molar-refractivity contribution in [2.75, 3.05) is 0 Å². The first-order valence-electron chi connectivity index (χ1n) is 3.93. The SMILES string of the molecule is C1=COc2ccccc2C1.O=[N+]([O-])O. The van der Waals surface area contributed by atoms with E-state index in [1.54, 1.807) is 6.26 Å². The Kier molecular flexibility index (Phi) is 3.49. The van der Waals surface area contributed by atoms with Crippen molar-refractivity contribution in [3.05, 3.63) is 52.3 Å². The molecule has 2 rings (SSSR count). The monoisotopic (exact) mass is 195 g/mol. The molecule has 1 aliphatic heterocycles. The lowest BCUT2D eigenvalue weighted by molar-refractivity contribution is -0.742. The number of rotatable bonds is 0. The molecular formula is C9H9NO4. The molecule has 0 aliphatic carbocycles. The molecule has 0 atom stereocenters. The van der Waals surface area contributed by atoms with Crippen LogP contribution in [0.3, 0.4) is 0 Å². The molecule has 5 nitrogen and oxygen atoms in total. The van der Waals surface area contributed by atoms with Crippen LogP contribution < -0.4 is 4.74 Å². The minimum Gasteiger partial charge on any atom is -0.465 e. The number of para-hydroxylation sites is 1. The number of hydrogen-bond acceptors (Lipinski definition) is 3. The number of fused-ring (bicyclic) bond motifs is 1. The molecule has 1 aliphatic rings. The molecule has 1 heterocycles. The Bertz CT molecular complexity index is 317. The van der Waals surface area contributed by atoms with Crippen molar-refractivity contribution in [2.24, 2.45) is 0 Å². The fourth-order valence-electron chi connectivity index (χ4n) is 1.08. The summed E-state index contributed by atoms with van der Waals surface area (Å²) < 4.78 is 5.24. The largest absolute Gasteiger partial charge is 0.465 e. The molecule has 1 aromatic rings. The van der Waals surface area contributed by atoms with Crippen molar-refractivity contribution < 1.29 is 15.0 Å². The van der Waals surface area contributed by atoms with Crippen LogP contribution in [0.4, 0.5) is 0 Å². The second kappa shape index (κ2) is 4.86. The van der Waals surface area contributed by atoms with E-state index in [2.05, 4.69) is 6.07 Å². The van der Waals surface area contributed by atoms with E-state index >= 15 is 0 Å². The fraction of sp³-hybridized carbons (Fsp3) is 0.111. The van der Waals surface area contributed by atoms with Gasteiger partial charge in [-0.15, -0.1) is 10.1 Å². The number of ether oxygens (including phenoxy) is 1. The molecular weight excluding hydrogens is 186 g/mol. The zero-order valence-electron chi connectivity index (χ0n) is 7.29. The second-order valence-electron chi connectivity index (χ2n) is 2.54. The first-order chi connectivity index (χ1) is 6.70. The molecule has 0 radical (unpaired) electrons. The van der Waals surface area contributed by atoms with E-state index in [-0.39, 0.29) is 0 Å². The van der Waals surface area contributed by atoms with Gasteiger partial charge in [0, 0.05) is 0 Å². The summed E-state index contributed by atoms with van der Waals surface area (Å²) in [4.78, 5) is 8.36. The predicted octanol–water partition coefficient (Wildman–Crippen LogP) is 1.79. The quantitative estimate of drug-likeness (QED) is 0.506. The van der Waals surface area contributed by atoms with Crippen LogP contribution in [0.15, 0.2) is 36.6 Å². The molecule has 0 unspecified atom stereocenters. The van der Waals surface area contributed by atoms with E-state index in [4.69, 9.17) is 20.1 Å². The summed E-state index contributed by atoms with van der Waals surface area (Å²) in [5.41, 5.74) is 1.27. The van der Waals surface area contributed by atoms with Crippen LogP contribution in [0.5, 0.6) is 5.75 Å².